The average molecular weight is 358 g/mol. The second kappa shape index (κ2) is 7.02. The van der Waals surface area contributed by atoms with Crippen molar-refractivity contribution in [1.82, 2.24) is 9.55 Å². The van der Waals surface area contributed by atoms with E-state index in [1.54, 1.807) is 19.4 Å². The van der Waals surface area contributed by atoms with Crippen LogP contribution in [-0.2, 0) is 11.3 Å². The third kappa shape index (κ3) is 3.25. The molecule has 0 aliphatic carbocycles. The predicted molar refractivity (Wildman–Crippen MR) is 96.3 cm³/mol. The van der Waals surface area contributed by atoms with E-state index in [0.29, 0.717) is 28.1 Å². The second-order valence-corrected chi connectivity index (χ2v) is 6.61. The first-order valence-corrected chi connectivity index (χ1v) is 8.71. The lowest BCUT2D eigenvalue weighted by atomic mass is 10.1. The third-order valence-electron chi connectivity index (χ3n) is 3.66. The number of hydrogen-bond acceptors (Lipinski definition) is 7. The molecule has 7 nitrogen and oxygen atoms in total. The first-order valence-electron chi connectivity index (χ1n) is 7.90. The first-order chi connectivity index (χ1) is 12.0. The van der Waals surface area contributed by atoms with Crippen LogP contribution in [0.4, 0.5) is 11.5 Å². The van der Waals surface area contributed by atoms with Gasteiger partial charge in [0.2, 0.25) is 0 Å². The van der Waals surface area contributed by atoms with E-state index in [9.17, 15) is 9.90 Å². The topological polar surface area (TPSA) is 89.1 Å². The molecule has 3 aromatic rings. The van der Waals surface area contributed by atoms with Crippen LogP contribution in [0.1, 0.15) is 29.1 Å². The Labute approximate surface area is 148 Å². The molecule has 8 heteroatoms. The Kier molecular flexibility index (Phi) is 4.80. The summed E-state index contributed by atoms with van der Waals surface area (Å²) in [6.07, 6.45) is 3.27. The van der Waals surface area contributed by atoms with Crippen molar-refractivity contribution in [2.24, 2.45) is 10.2 Å². The van der Waals surface area contributed by atoms with Crippen LogP contribution in [-0.4, -0.2) is 27.2 Å². The Bertz CT molecular complexity index is 958. The number of carbonyl (C=O) groups excluding carboxylic acids is 1. The summed E-state index contributed by atoms with van der Waals surface area (Å²) in [5.41, 5.74) is 0.591. The lowest BCUT2D eigenvalue weighted by Crippen LogP contribution is -2.04. The Morgan fingerprint density at radius 2 is 2.16 bits per heavy atom. The number of azo groups is 1. The van der Waals surface area contributed by atoms with Crippen molar-refractivity contribution in [3.05, 3.63) is 35.1 Å². The summed E-state index contributed by atoms with van der Waals surface area (Å²) in [6, 6.07) is 3.25. The molecule has 1 aromatic carbocycles. The highest BCUT2D eigenvalue weighted by molar-refractivity contribution is 7.19. The van der Waals surface area contributed by atoms with Crippen LogP contribution in [0.2, 0.25) is 0 Å². The van der Waals surface area contributed by atoms with E-state index in [1.165, 1.54) is 17.4 Å². The maximum absolute atomic E-state index is 12.3. The van der Waals surface area contributed by atoms with Crippen molar-refractivity contribution in [3.63, 3.8) is 0 Å². The number of hydrogen-bond donors (Lipinski definition) is 1. The number of fused-ring (bicyclic) bond motifs is 1. The number of aryl methyl sites for hydroxylation is 2. The van der Waals surface area contributed by atoms with E-state index in [4.69, 9.17) is 4.74 Å². The highest BCUT2D eigenvalue weighted by Crippen LogP contribution is 2.42. The zero-order valence-electron chi connectivity index (χ0n) is 14.2. The Morgan fingerprint density at radius 3 is 2.88 bits per heavy atom. The Balaban J connectivity index is 2.18. The zero-order chi connectivity index (χ0) is 18.0. The number of benzene rings is 1. The molecule has 0 aliphatic heterocycles. The lowest BCUT2D eigenvalue weighted by molar-refractivity contribution is 0.0527. The number of ether oxygens (including phenoxy) is 1. The van der Waals surface area contributed by atoms with E-state index in [0.717, 1.165) is 4.88 Å². The number of carbonyl (C=O) groups is 1. The molecular weight excluding hydrogens is 340 g/mol. The van der Waals surface area contributed by atoms with Gasteiger partial charge >= 0.3 is 5.97 Å². The van der Waals surface area contributed by atoms with Gasteiger partial charge in [0.15, 0.2) is 5.82 Å². The fourth-order valence-electron chi connectivity index (χ4n) is 2.49. The van der Waals surface area contributed by atoms with Gasteiger partial charge in [0.05, 0.1) is 29.4 Å². The van der Waals surface area contributed by atoms with Gasteiger partial charge in [0.25, 0.3) is 0 Å². The van der Waals surface area contributed by atoms with E-state index in [1.807, 2.05) is 24.5 Å². The number of imidazole rings is 1. The predicted octanol–water partition coefficient (Wildman–Crippen LogP) is 4.72. The van der Waals surface area contributed by atoms with Gasteiger partial charge in [0, 0.05) is 16.8 Å². The van der Waals surface area contributed by atoms with E-state index >= 15 is 0 Å². The van der Waals surface area contributed by atoms with E-state index < -0.39 is 5.97 Å². The zero-order valence-corrected chi connectivity index (χ0v) is 15.0. The molecular formula is C17H18N4O3S. The fraction of sp³-hybridized carbons (Fsp3) is 0.294. The number of aromatic nitrogens is 2. The molecule has 130 valence electrons. The number of rotatable bonds is 5. The summed E-state index contributed by atoms with van der Waals surface area (Å²) in [5, 5.41) is 19.4. The van der Waals surface area contributed by atoms with Crippen LogP contribution in [0.25, 0.3) is 10.1 Å². The summed E-state index contributed by atoms with van der Waals surface area (Å²) < 4.78 is 7.64. The summed E-state index contributed by atoms with van der Waals surface area (Å²) in [7, 11) is 0. The van der Waals surface area contributed by atoms with Crippen LogP contribution in [0.15, 0.2) is 34.9 Å². The second-order valence-electron chi connectivity index (χ2n) is 5.35. The number of phenolic OH excluding ortho intramolecular Hbond substituents is 1. The lowest BCUT2D eigenvalue weighted by Gasteiger charge is -2.07. The number of phenols is 1. The van der Waals surface area contributed by atoms with Gasteiger partial charge in [-0.3, -0.25) is 0 Å². The third-order valence-corrected chi connectivity index (χ3v) is 4.72. The van der Waals surface area contributed by atoms with Gasteiger partial charge in [-0.25, -0.2) is 9.78 Å². The molecule has 0 saturated heterocycles. The van der Waals surface area contributed by atoms with Crippen molar-refractivity contribution < 1.29 is 14.6 Å². The monoisotopic (exact) mass is 358 g/mol. The quantitative estimate of drug-likeness (QED) is 0.528. The SMILES string of the molecule is CCOC(=O)c1cc(O)c2cc(C)sc2c1/N=N/c1cncn1CC. The summed E-state index contributed by atoms with van der Waals surface area (Å²) in [5.74, 6) is 0.0791. The minimum Gasteiger partial charge on any atom is -0.507 e. The molecule has 25 heavy (non-hydrogen) atoms. The van der Waals surface area contributed by atoms with Crippen molar-refractivity contribution in [3.8, 4) is 5.75 Å². The molecule has 2 aromatic heterocycles. The van der Waals surface area contributed by atoms with Crippen LogP contribution < -0.4 is 0 Å². The van der Waals surface area contributed by atoms with E-state index in [-0.39, 0.29) is 17.9 Å². The molecule has 0 aliphatic rings. The van der Waals surface area contributed by atoms with Crippen molar-refractivity contribution >= 4 is 38.9 Å². The smallest absolute Gasteiger partial charge is 0.340 e. The van der Waals surface area contributed by atoms with Crippen LogP contribution in [0.5, 0.6) is 5.75 Å². The Morgan fingerprint density at radius 1 is 1.36 bits per heavy atom. The normalized spacial score (nSPS) is 11.5. The first kappa shape index (κ1) is 17.1. The van der Waals surface area contributed by atoms with Gasteiger partial charge < -0.3 is 14.4 Å². The van der Waals surface area contributed by atoms with Gasteiger partial charge in [-0.15, -0.1) is 21.6 Å². The standard InChI is InChI=1S/C17H18N4O3S/c1-4-21-9-18-8-14(21)19-20-15-12(17(23)24-5-2)7-13(22)11-6-10(3)25-16(11)15/h6-9,22H,4-5H2,1-3H3/b20-19+. The summed E-state index contributed by atoms with van der Waals surface area (Å²) in [6.45, 7) is 6.59. The van der Waals surface area contributed by atoms with Crippen molar-refractivity contribution in [1.29, 1.82) is 0 Å². The number of nitrogens with zero attached hydrogens (tertiary/aromatic N) is 4. The van der Waals surface area contributed by atoms with Gasteiger partial charge in [-0.05, 0) is 32.9 Å². The molecule has 0 amide bonds. The molecule has 0 spiro atoms. The summed E-state index contributed by atoms with van der Waals surface area (Å²) in [4.78, 5) is 17.4. The molecule has 0 bridgehead atoms. The van der Waals surface area contributed by atoms with Crippen LogP contribution >= 0.6 is 11.3 Å². The molecule has 2 heterocycles. The van der Waals surface area contributed by atoms with Crippen LogP contribution in [0.3, 0.4) is 0 Å². The highest BCUT2D eigenvalue weighted by Gasteiger charge is 2.20. The molecule has 0 fully saturated rings. The number of thiophene rings is 1. The maximum atomic E-state index is 12.3. The molecule has 0 radical (unpaired) electrons. The minimum absolute atomic E-state index is 0.0277. The maximum Gasteiger partial charge on any atom is 0.340 e. The van der Waals surface area contributed by atoms with E-state index in [2.05, 4.69) is 15.2 Å². The largest absolute Gasteiger partial charge is 0.507 e. The molecule has 0 unspecified atom stereocenters. The number of esters is 1. The highest BCUT2D eigenvalue weighted by atomic mass is 32.1. The molecule has 0 saturated carbocycles. The van der Waals surface area contributed by atoms with Crippen molar-refractivity contribution in [2.75, 3.05) is 6.61 Å². The minimum atomic E-state index is -0.538. The van der Waals surface area contributed by atoms with Crippen LogP contribution in [0, 0.1) is 6.92 Å². The van der Waals surface area contributed by atoms with Gasteiger partial charge in [-0.1, -0.05) is 0 Å². The molecule has 3 rings (SSSR count). The Hall–Kier alpha value is -2.74. The summed E-state index contributed by atoms with van der Waals surface area (Å²) >= 11 is 1.45. The van der Waals surface area contributed by atoms with Crippen molar-refractivity contribution in [2.45, 2.75) is 27.3 Å². The van der Waals surface area contributed by atoms with Gasteiger partial charge in [-0.2, -0.15) is 0 Å². The molecule has 1 N–H and O–H groups in total. The molecule has 0 atom stereocenters. The van der Waals surface area contributed by atoms with Gasteiger partial charge in [0.1, 0.15) is 11.4 Å². The average Bonchev–Trinajstić information content (AvgIpc) is 3.20. The number of aromatic hydroxyl groups is 1. The fourth-order valence-corrected chi connectivity index (χ4v) is 3.51.